The van der Waals surface area contributed by atoms with E-state index in [0.29, 0.717) is 18.4 Å². The third-order valence-electron chi connectivity index (χ3n) is 6.02. The number of carbonyl (C=O) groups excluding carboxylic acids is 1. The molecule has 0 bridgehead atoms. The van der Waals surface area contributed by atoms with E-state index in [0.717, 1.165) is 48.6 Å². The van der Waals surface area contributed by atoms with Crippen LogP contribution >= 0.6 is 0 Å². The molecule has 1 saturated carbocycles. The fourth-order valence-corrected chi connectivity index (χ4v) is 4.04. The van der Waals surface area contributed by atoms with Crippen molar-refractivity contribution in [1.29, 1.82) is 0 Å². The molecule has 0 aromatic heterocycles. The molecule has 0 heterocycles. The highest BCUT2D eigenvalue weighted by atomic mass is 16.5. The van der Waals surface area contributed by atoms with Gasteiger partial charge in [-0.15, -0.1) is 0 Å². The van der Waals surface area contributed by atoms with Crippen LogP contribution in [0.5, 0.6) is 5.75 Å². The monoisotopic (exact) mass is 423 g/mol. The second kappa shape index (κ2) is 11.5. The topological polar surface area (TPSA) is 75.6 Å². The molecule has 0 aliphatic heterocycles. The molecular weight excluding hydrogens is 390 g/mol. The van der Waals surface area contributed by atoms with E-state index in [-0.39, 0.29) is 24.5 Å². The Morgan fingerprint density at radius 3 is 2.65 bits per heavy atom. The summed E-state index contributed by atoms with van der Waals surface area (Å²) < 4.78 is 6.08. The van der Waals surface area contributed by atoms with Crippen LogP contribution in [0.3, 0.4) is 0 Å². The van der Waals surface area contributed by atoms with Gasteiger partial charge in [0.1, 0.15) is 12.4 Å². The van der Waals surface area contributed by atoms with Crippen molar-refractivity contribution >= 4 is 22.6 Å². The van der Waals surface area contributed by atoms with Crippen LogP contribution in [-0.4, -0.2) is 29.6 Å². The highest BCUT2D eigenvalue weighted by Crippen LogP contribution is 2.26. The molecule has 5 heteroatoms. The van der Waals surface area contributed by atoms with Gasteiger partial charge in [0.2, 0.25) is 0 Å². The van der Waals surface area contributed by atoms with Crippen LogP contribution in [0.4, 0.5) is 0 Å². The van der Waals surface area contributed by atoms with Crippen molar-refractivity contribution in [2.45, 2.75) is 64.3 Å². The first-order valence-electron chi connectivity index (χ1n) is 11.4. The Kier molecular flexibility index (Phi) is 8.51. The summed E-state index contributed by atoms with van der Waals surface area (Å²) in [6.07, 6.45) is 9.49. The predicted molar refractivity (Wildman–Crippen MR) is 123 cm³/mol. The van der Waals surface area contributed by atoms with Gasteiger partial charge < -0.3 is 15.2 Å². The SMILES string of the molecule is CC(CCCC=C(COc1cccc2ccccc12)C(=O)NC1CCCCC1)C(=O)O. The van der Waals surface area contributed by atoms with E-state index < -0.39 is 5.97 Å². The molecule has 5 nitrogen and oxygen atoms in total. The Morgan fingerprint density at radius 2 is 1.87 bits per heavy atom. The standard InChI is InChI=1S/C26H33NO4/c1-19(26(29)30)10-5-6-12-21(25(28)27-22-14-3-2-4-15-22)18-31-24-17-9-13-20-11-7-8-16-23(20)24/h7-9,11-13,16-17,19,22H,2-6,10,14-15,18H2,1H3,(H,27,28)(H,29,30). The van der Waals surface area contributed by atoms with Crippen molar-refractivity contribution in [3.63, 3.8) is 0 Å². The fraction of sp³-hybridized carbons (Fsp3) is 0.462. The molecule has 2 aromatic rings. The molecule has 1 unspecified atom stereocenters. The Hall–Kier alpha value is -2.82. The van der Waals surface area contributed by atoms with Crippen molar-refractivity contribution in [2.24, 2.45) is 5.92 Å². The van der Waals surface area contributed by atoms with Crippen LogP contribution < -0.4 is 10.1 Å². The average molecular weight is 424 g/mol. The maximum Gasteiger partial charge on any atom is 0.306 e. The Balaban J connectivity index is 1.67. The number of nitrogens with one attached hydrogen (secondary N) is 1. The number of hydrogen-bond donors (Lipinski definition) is 2. The molecule has 2 N–H and O–H groups in total. The number of ether oxygens (including phenoxy) is 1. The van der Waals surface area contributed by atoms with Gasteiger partial charge in [0, 0.05) is 11.4 Å². The zero-order valence-electron chi connectivity index (χ0n) is 18.3. The van der Waals surface area contributed by atoms with E-state index in [9.17, 15) is 9.59 Å². The fourth-order valence-electron chi connectivity index (χ4n) is 4.04. The molecule has 0 radical (unpaired) electrons. The minimum Gasteiger partial charge on any atom is -0.488 e. The van der Waals surface area contributed by atoms with Gasteiger partial charge in [-0.2, -0.15) is 0 Å². The summed E-state index contributed by atoms with van der Waals surface area (Å²) in [5.74, 6) is -0.467. The largest absolute Gasteiger partial charge is 0.488 e. The summed E-state index contributed by atoms with van der Waals surface area (Å²) in [7, 11) is 0. The molecule has 0 spiro atoms. The van der Waals surface area contributed by atoms with E-state index in [2.05, 4.69) is 5.32 Å². The quantitative estimate of drug-likeness (QED) is 0.392. The third-order valence-corrected chi connectivity index (χ3v) is 6.02. The molecule has 1 fully saturated rings. The molecule has 2 aromatic carbocycles. The molecule has 1 atom stereocenters. The van der Waals surface area contributed by atoms with Crippen LogP contribution in [0.1, 0.15) is 58.3 Å². The second-order valence-electron chi connectivity index (χ2n) is 8.47. The van der Waals surface area contributed by atoms with Gasteiger partial charge in [0.15, 0.2) is 0 Å². The number of benzene rings is 2. The van der Waals surface area contributed by atoms with Gasteiger partial charge in [-0.25, -0.2) is 0 Å². The predicted octanol–water partition coefficient (Wildman–Crippen LogP) is 5.48. The zero-order chi connectivity index (χ0) is 22.1. The molecular formula is C26H33NO4. The van der Waals surface area contributed by atoms with Gasteiger partial charge in [0.05, 0.1) is 11.5 Å². The molecule has 1 aliphatic carbocycles. The highest BCUT2D eigenvalue weighted by molar-refractivity contribution is 5.94. The molecule has 0 saturated heterocycles. The van der Waals surface area contributed by atoms with Crippen molar-refractivity contribution in [2.75, 3.05) is 6.61 Å². The summed E-state index contributed by atoms with van der Waals surface area (Å²) in [6.45, 7) is 1.91. The van der Waals surface area contributed by atoms with E-state index >= 15 is 0 Å². The van der Waals surface area contributed by atoms with E-state index in [1.54, 1.807) is 6.92 Å². The summed E-state index contributed by atoms with van der Waals surface area (Å²) >= 11 is 0. The van der Waals surface area contributed by atoms with Gasteiger partial charge in [-0.3, -0.25) is 9.59 Å². The summed E-state index contributed by atoms with van der Waals surface area (Å²) in [4.78, 5) is 24.0. The Bertz CT molecular complexity index is 909. The lowest BCUT2D eigenvalue weighted by molar-refractivity contribution is -0.141. The lowest BCUT2D eigenvalue weighted by Crippen LogP contribution is -2.38. The highest BCUT2D eigenvalue weighted by Gasteiger charge is 2.19. The van der Waals surface area contributed by atoms with Crippen molar-refractivity contribution in [1.82, 2.24) is 5.32 Å². The lowest BCUT2D eigenvalue weighted by atomic mass is 9.95. The normalized spacial score (nSPS) is 16.1. The van der Waals surface area contributed by atoms with Crippen LogP contribution in [0.2, 0.25) is 0 Å². The number of carboxylic acids is 1. The number of unbranched alkanes of at least 4 members (excludes halogenated alkanes) is 1. The van der Waals surface area contributed by atoms with Crippen LogP contribution in [0, 0.1) is 5.92 Å². The van der Waals surface area contributed by atoms with Crippen molar-refractivity contribution in [3.8, 4) is 5.75 Å². The Morgan fingerprint density at radius 1 is 1.13 bits per heavy atom. The smallest absolute Gasteiger partial charge is 0.306 e. The van der Waals surface area contributed by atoms with Crippen molar-refractivity contribution < 1.29 is 19.4 Å². The first-order valence-corrected chi connectivity index (χ1v) is 11.4. The maximum atomic E-state index is 13.0. The first-order chi connectivity index (χ1) is 15.0. The van der Waals surface area contributed by atoms with E-state index in [1.165, 1.54) is 6.42 Å². The summed E-state index contributed by atoms with van der Waals surface area (Å²) in [6, 6.07) is 14.2. The van der Waals surface area contributed by atoms with Crippen LogP contribution in [-0.2, 0) is 9.59 Å². The average Bonchev–Trinajstić information content (AvgIpc) is 2.78. The number of aliphatic carboxylic acids is 1. The number of fused-ring (bicyclic) bond motifs is 1. The number of allylic oxidation sites excluding steroid dienone is 1. The summed E-state index contributed by atoms with van der Waals surface area (Å²) in [5.41, 5.74) is 0.612. The van der Waals surface area contributed by atoms with Gasteiger partial charge in [0.25, 0.3) is 5.91 Å². The van der Waals surface area contributed by atoms with Crippen LogP contribution in [0.15, 0.2) is 54.1 Å². The third kappa shape index (κ3) is 6.84. The number of hydrogen-bond acceptors (Lipinski definition) is 3. The molecule has 31 heavy (non-hydrogen) atoms. The van der Waals surface area contributed by atoms with Gasteiger partial charge >= 0.3 is 5.97 Å². The van der Waals surface area contributed by atoms with Gasteiger partial charge in [-0.1, -0.05) is 68.7 Å². The number of carbonyl (C=O) groups is 2. The van der Waals surface area contributed by atoms with Crippen LogP contribution in [0.25, 0.3) is 10.8 Å². The van der Waals surface area contributed by atoms with E-state index in [4.69, 9.17) is 9.84 Å². The summed E-state index contributed by atoms with van der Waals surface area (Å²) in [5, 5.41) is 14.4. The minimum absolute atomic E-state index is 0.0709. The number of amides is 1. The lowest BCUT2D eigenvalue weighted by Gasteiger charge is -2.23. The zero-order valence-corrected chi connectivity index (χ0v) is 18.3. The van der Waals surface area contributed by atoms with Gasteiger partial charge in [-0.05, 0) is 43.6 Å². The maximum absolute atomic E-state index is 13.0. The van der Waals surface area contributed by atoms with Crippen molar-refractivity contribution in [3.05, 3.63) is 54.1 Å². The van der Waals surface area contributed by atoms with E-state index in [1.807, 2.05) is 48.5 Å². The molecule has 1 aliphatic rings. The number of carboxylic acid groups (broad SMARTS) is 1. The second-order valence-corrected chi connectivity index (χ2v) is 8.47. The molecule has 1 amide bonds. The number of rotatable bonds is 10. The Labute approximate surface area is 184 Å². The first kappa shape index (κ1) is 22.9. The molecule has 166 valence electrons. The minimum atomic E-state index is -0.779. The molecule has 3 rings (SSSR count).